The van der Waals surface area contributed by atoms with Crippen molar-refractivity contribution in [3.63, 3.8) is 0 Å². The first kappa shape index (κ1) is 24.0. The van der Waals surface area contributed by atoms with Gasteiger partial charge in [-0.3, -0.25) is 4.79 Å². The van der Waals surface area contributed by atoms with Gasteiger partial charge in [0.05, 0.1) is 16.4 Å². The molecule has 2 heterocycles. The molecule has 11 heteroatoms. The molecule has 0 N–H and O–H groups in total. The molecule has 0 saturated carbocycles. The Kier molecular flexibility index (Phi) is 6.76. The number of rotatable bonds is 6. The minimum absolute atomic E-state index is 0.000457. The molecule has 0 bridgehead atoms. The average molecular weight is 494 g/mol. The summed E-state index contributed by atoms with van der Waals surface area (Å²) in [5.74, 6) is -0.603. The minimum Gasteiger partial charge on any atom is -0.459 e. The fourth-order valence-corrected chi connectivity index (χ4v) is 5.18. The van der Waals surface area contributed by atoms with Gasteiger partial charge in [0, 0.05) is 18.7 Å². The number of esters is 1. The van der Waals surface area contributed by atoms with Gasteiger partial charge in [-0.2, -0.15) is 17.5 Å². The van der Waals surface area contributed by atoms with E-state index in [1.165, 1.54) is 6.26 Å². The van der Waals surface area contributed by atoms with Gasteiger partial charge in [-0.25, -0.2) is 13.4 Å². The molecule has 1 aliphatic rings. The van der Waals surface area contributed by atoms with Gasteiger partial charge in [0.1, 0.15) is 18.6 Å². The van der Waals surface area contributed by atoms with Gasteiger partial charge in [0.25, 0.3) is 0 Å². The second-order valence-electron chi connectivity index (χ2n) is 7.82. The largest absolute Gasteiger partial charge is 0.459 e. The molecule has 0 spiro atoms. The smallest absolute Gasteiger partial charge is 0.416 e. The number of aromatic nitrogens is 1. The lowest BCUT2D eigenvalue weighted by molar-refractivity contribution is -0.151. The number of carbonyl (C=O) groups is 1. The minimum atomic E-state index is -4.64. The predicted octanol–water partition coefficient (Wildman–Crippen LogP) is 4.50. The van der Waals surface area contributed by atoms with Crippen molar-refractivity contribution in [2.45, 2.75) is 30.5 Å². The van der Waals surface area contributed by atoms with Crippen LogP contribution in [-0.4, -0.2) is 36.8 Å². The van der Waals surface area contributed by atoms with Crippen molar-refractivity contribution in [2.24, 2.45) is 5.92 Å². The molecular formula is C23H21F3N2O5S. The van der Waals surface area contributed by atoms with Gasteiger partial charge in [-0.1, -0.05) is 24.3 Å². The average Bonchev–Trinajstić information content (AvgIpc) is 3.32. The Morgan fingerprint density at radius 2 is 1.79 bits per heavy atom. The lowest BCUT2D eigenvalue weighted by Gasteiger charge is -2.30. The SMILES string of the molecule is O=C(OCc1coc(-c2ccccc2)n1)C1CCN(S(=O)(=O)c2cccc(C(F)(F)F)c2)CC1. The van der Waals surface area contributed by atoms with Crippen LogP contribution in [0, 0.1) is 5.92 Å². The van der Waals surface area contributed by atoms with Gasteiger partial charge in [0.15, 0.2) is 0 Å². The highest BCUT2D eigenvalue weighted by Gasteiger charge is 2.35. The highest BCUT2D eigenvalue weighted by Crippen LogP contribution is 2.32. The van der Waals surface area contributed by atoms with Crippen LogP contribution in [-0.2, 0) is 32.3 Å². The number of piperidine rings is 1. The van der Waals surface area contributed by atoms with Crippen LogP contribution in [0.5, 0.6) is 0 Å². The van der Waals surface area contributed by atoms with Crippen molar-refractivity contribution >= 4 is 16.0 Å². The summed E-state index contributed by atoms with van der Waals surface area (Å²) in [6, 6.07) is 12.9. The maximum absolute atomic E-state index is 13.0. The zero-order valence-electron chi connectivity index (χ0n) is 17.9. The van der Waals surface area contributed by atoms with E-state index >= 15 is 0 Å². The van der Waals surface area contributed by atoms with Crippen LogP contribution in [0.25, 0.3) is 11.5 Å². The molecule has 0 unspecified atom stereocenters. The van der Waals surface area contributed by atoms with Crippen molar-refractivity contribution in [3.8, 4) is 11.5 Å². The quantitative estimate of drug-likeness (QED) is 0.469. The maximum Gasteiger partial charge on any atom is 0.416 e. The Morgan fingerprint density at radius 3 is 2.47 bits per heavy atom. The molecule has 34 heavy (non-hydrogen) atoms. The fourth-order valence-electron chi connectivity index (χ4n) is 3.66. The standard InChI is InChI=1S/C23H21F3N2O5S/c24-23(25,26)18-7-4-8-20(13-18)34(30,31)28-11-9-17(10-12-28)22(29)33-15-19-14-32-21(27-19)16-5-2-1-3-6-16/h1-8,13-14,17H,9-12,15H2. The third-order valence-corrected chi connectivity index (χ3v) is 7.42. The van der Waals surface area contributed by atoms with Crippen LogP contribution >= 0.6 is 0 Å². The van der Waals surface area contributed by atoms with Gasteiger partial charge < -0.3 is 9.15 Å². The van der Waals surface area contributed by atoms with E-state index < -0.39 is 38.5 Å². The summed E-state index contributed by atoms with van der Waals surface area (Å²) in [6.45, 7) is -0.0845. The number of halogens is 3. The van der Waals surface area contributed by atoms with Crippen LogP contribution in [0.3, 0.4) is 0 Å². The Labute approximate surface area is 194 Å². The highest BCUT2D eigenvalue weighted by atomic mass is 32.2. The Hall–Kier alpha value is -3.18. The normalized spacial score (nSPS) is 15.9. The van der Waals surface area contributed by atoms with E-state index in [0.717, 1.165) is 28.1 Å². The molecule has 0 radical (unpaired) electrons. The van der Waals surface area contributed by atoms with Crippen LogP contribution < -0.4 is 0 Å². The monoisotopic (exact) mass is 494 g/mol. The van der Waals surface area contributed by atoms with Crippen molar-refractivity contribution in [2.75, 3.05) is 13.1 Å². The summed E-state index contributed by atoms with van der Waals surface area (Å²) in [5, 5.41) is 0. The molecule has 4 rings (SSSR count). The molecule has 2 aromatic carbocycles. The Bertz CT molecular complexity index is 1250. The zero-order chi connectivity index (χ0) is 24.3. The molecule has 0 aliphatic carbocycles. The van der Waals surface area contributed by atoms with Crippen molar-refractivity contribution < 1.29 is 35.5 Å². The first-order valence-electron chi connectivity index (χ1n) is 10.5. The van der Waals surface area contributed by atoms with Crippen LogP contribution in [0.2, 0.25) is 0 Å². The van der Waals surface area contributed by atoms with Gasteiger partial charge in [-0.15, -0.1) is 0 Å². The third-order valence-electron chi connectivity index (χ3n) is 5.52. The molecular weight excluding hydrogens is 473 g/mol. The van der Waals surface area contributed by atoms with E-state index in [1.807, 2.05) is 30.3 Å². The molecule has 0 atom stereocenters. The lowest BCUT2D eigenvalue weighted by atomic mass is 9.98. The maximum atomic E-state index is 13.0. The van der Waals surface area contributed by atoms with E-state index in [2.05, 4.69) is 4.98 Å². The first-order valence-corrected chi connectivity index (χ1v) is 11.9. The van der Waals surface area contributed by atoms with Gasteiger partial charge >= 0.3 is 12.1 Å². The van der Waals surface area contributed by atoms with Crippen molar-refractivity contribution in [1.82, 2.24) is 9.29 Å². The van der Waals surface area contributed by atoms with E-state index in [4.69, 9.17) is 9.15 Å². The van der Waals surface area contributed by atoms with Crippen LogP contribution in [0.1, 0.15) is 24.1 Å². The van der Waals surface area contributed by atoms with Crippen molar-refractivity contribution in [1.29, 1.82) is 0 Å². The molecule has 1 saturated heterocycles. The number of sulfonamides is 1. The number of hydrogen-bond acceptors (Lipinski definition) is 6. The van der Waals surface area contributed by atoms with Gasteiger partial charge in [0.2, 0.25) is 15.9 Å². The number of ether oxygens (including phenoxy) is 1. The topological polar surface area (TPSA) is 89.7 Å². The molecule has 3 aromatic rings. The fraction of sp³-hybridized carbons (Fsp3) is 0.304. The number of oxazole rings is 1. The van der Waals surface area contributed by atoms with Crippen LogP contribution in [0.4, 0.5) is 13.2 Å². The second kappa shape index (κ2) is 9.59. The molecule has 0 amide bonds. The van der Waals surface area contributed by atoms with Crippen molar-refractivity contribution in [3.05, 3.63) is 72.1 Å². The second-order valence-corrected chi connectivity index (χ2v) is 9.76. The third kappa shape index (κ3) is 5.31. The number of alkyl halides is 3. The number of nitrogens with zero attached hydrogens (tertiary/aromatic N) is 2. The Morgan fingerprint density at radius 1 is 1.09 bits per heavy atom. The van der Waals surface area contributed by atoms with Crippen LogP contribution in [0.15, 0.2) is 70.2 Å². The number of benzene rings is 2. The predicted molar refractivity (Wildman–Crippen MR) is 115 cm³/mol. The van der Waals surface area contributed by atoms with E-state index in [9.17, 15) is 26.4 Å². The van der Waals surface area contributed by atoms with Gasteiger partial charge in [-0.05, 0) is 43.2 Å². The lowest BCUT2D eigenvalue weighted by Crippen LogP contribution is -2.40. The summed E-state index contributed by atoms with van der Waals surface area (Å²) < 4.78 is 76.3. The van der Waals surface area contributed by atoms with E-state index in [-0.39, 0.29) is 32.5 Å². The molecule has 180 valence electrons. The molecule has 1 fully saturated rings. The summed E-state index contributed by atoms with van der Waals surface area (Å²) in [4.78, 5) is 16.3. The molecule has 7 nitrogen and oxygen atoms in total. The summed E-state index contributed by atoms with van der Waals surface area (Å²) in [5.41, 5.74) is 0.196. The van der Waals surface area contributed by atoms with E-state index in [0.29, 0.717) is 17.7 Å². The highest BCUT2D eigenvalue weighted by molar-refractivity contribution is 7.89. The zero-order valence-corrected chi connectivity index (χ0v) is 18.7. The summed E-state index contributed by atoms with van der Waals surface area (Å²) in [7, 11) is -4.11. The Balaban J connectivity index is 1.32. The molecule has 1 aliphatic heterocycles. The van der Waals surface area contributed by atoms with E-state index in [1.54, 1.807) is 0 Å². The number of carbonyl (C=O) groups excluding carboxylic acids is 1. The molecule has 1 aromatic heterocycles. The summed E-state index contributed by atoms with van der Waals surface area (Å²) >= 11 is 0. The number of hydrogen-bond donors (Lipinski definition) is 0. The first-order chi connectivity index (χ1) is 16.1. The summed E-state index contributed by atoms with van der Waals surface area (Å²) in [6.07, 6.45) is -2.84.